The van der Waals surface area contributed by atoms with Crippen molar-refractivity contribution in [3.8, 4) is 5.75 Å². The number of nitro benzene ring substituents is 1. The van der Waals surface area contributed by atoms with Crippen LogP contribution in [-0.2, 0) is 16.1 Å². The largest absolute Gasteiger partial charge is 0.508 e. The van der Waals surface area contributed by atoms with Gasteiger partial charge in [-0.1, -0.05) is 0 Å². The van der Waals surface area contributed by atoms with Gasteiger partial charge in [0.2, 0.25) is 0 Å². The maximum absolute atomic E-state index is 11.7. The van der Waals surface area contributed by atoms with Gasteiger partial charge in [0.25, 0.3) is 5.69 Å². The molecule has 2 rings (SSSR count). The zero-order chi connectivity index (χ0) is 16.1. The van der Waals surface area contributed by atoms with E-state index < -0.39 is 4.92 Å². The van der Waals surface area contributed by atoms with Gasteiger partial charge in [0.1, 0.15) is 5.75 Å². The molecule has 1 fully saturated rings. The molecular formula is C15H20N2O5. The van der Waals surface area contributed by atoms with Gasteiger partial charge < -0.3 is 9.84 Å². The van der Waals surface area contributed by atoms with E-state index >= 15 is 0 Å². The van der Waals surface area contributed by atoms with Gasteiger partial charge in [-0.2, -0.15) is 0 Å². The number of likely N-dealkylation sites (tertiary alicyclic amines) is 1. The number of carbonyl (C=O) groups is 1. The zero-order valence-corrected chi connectivity index (χ0v) is 12.5. The van der Waals surface area contributed by atoms with Gasteiger partial charge >= 0.3 is 5.97 Å². The van der Waals surface area contributed by atoms with Crippen molar-refractivity contribution in [3.05, 3.63) is 33.9 Å². The maximum atomic E-state index is 11.7. The fourth-order valence-electron chi connectivity index (χ4n) is 2.64. The minimum Gasteiger partial charge on any atom is -0.508 e. The van der Waals surface area contributed by atoms with Gasteiger partial charge in [0, 0.05) is 24.2 Å². The van der Waals surface area contributed by atoms with Crippen molar-refractivity contribution in [2.45, 2.75) is 26.3 Å². The Bertz CT molecular complexity index is 553. The molecule has 1 aromatic rings. The third-order valence-electron chi connectivity index (χ3n) is 3.88. The molecule has 1 N–H and O–H groups in total. The first-order valence-electron chi connectivity index (χ1n) is 7.36. The Morgan fingerprint density at radius 2 is 2.14 bits per heavy atom. The van der Waals surface area contributed by atoms with Crippen LogP contribution < -0.4 is 0 Å². The Morgan fingerprint density at radius 1 is 1.45 bits per heavy atom. The van der Waals surface area contributed by atoms with Crippen LogP contribution in [0, 0.1) is 16.0 Å². The second-order valence-electron chi connectivity index (χ2n) is 5.37. The van der Waals surface area contributed by atoms with Crippen molar-refractivity contribution in [2.75, 3.05) is 19.7 Å². The van der Waals surface area contributed by atoms with Gasteiger partial charge in [-0.05, 0) is 38.9 Å². The average molecular weight is 308 g/mol. The van der Waals surface area contributed by atoms with Crippen LogP contribution in [0.5, 0.6) is 5.75 Å². The van der Waals surface area contributed by atoms with Gasteiger partial charge in [0.15, 0.2) is 0 Å². The Kier molecular flexibility index (Phi) is 5.32. The second kappa shape index (κ2) is 7.22. The summed E-state index contributed by atoms with van der Waals surface area (Å²) >= 11 is 0. The predicted octanol–water partition coefficient (Wildman–Crippen LogP) is 2.08. The van der Waals surface area contributed by atoms with Crippen LogP contribution in [-0.4, -0.2) is 40.6 Å². The Labute approximate surface area is 128 Å². The highest BCUT2D eigenvalue weighted by Gasteiger charge is 2.26. The number of ether oxygens (including phenoxy) is 1. The van der Waals surface area contributed by atoms with Crippen molar-refractivity contribution >= 4 is 11.7 Å². The fraction of sp³-hybridized carbons (Fsp3) is 0.533. The predicted molar refractivity (Wildman–Crippen MR) is 79.4 cm³/mol. The molecule has 0 bridgehead atoms. The summed E-state index contributed by atoms with van der Waals surface area (Å²) in [6, 6.07) is 4.03. The van der Waals surface area contributed by atoms with E-state index in [0.717, 1.165) is 0 Å². The third kappa shape index (κ3) is 3.94. The van der Waals surface area contributed by atoms with Gasteiger partial charge in [0.05, 0.1) is 17.4 Å². The van der Waals surface area contributed by atoms with Crippen molar-refractivity contribution in [1.82, 2.24) is 4.90 Å². The molecule has 0 unspecified atom stereocenters. The summed E-state index contributed by atoms with van der Waals surface area (Å²) in [5, 5.41) is 20.6. The minimum atomic E-state index is -0.476. The lowest BCUT2D eigenvalue weighted by Gasteiger charge is -2.30. The molecule has 1 aromatic carbocycles. The number of esters is 1. The lowest BCUT2D eigenvalue weighted by atomic mass is 9.96. The molecule has 1 heterocycles. The topological polar surface area (TPSA) is 92.9 Å². The first-order valence-corrected chi connectivity index (χ1v) is 7.36. The summed E-state index contributed by atoms with van der Waals surface area (Å²) in [5.74, 6) is -0.173. The molecule has 22 heavy (non-hydrogen) atoms. The molecule has 7 heteroatoms. The summed E-state index contributed by atoms with van der Waals surface area (Å²) < 4.78 is 5.02. The summed E-state index contributed by atoms with van der Waals surface area (Å²) in [7, 11) is 0. The van der Waals surface area contributed by atoms with Gasteiger partial charge in [-0.15, -0.1) is 0 Å². The van der Waals surface area contributed by atoms with Crippen LogP contribution in [0.4, 0.5) is 5.69 Å². The van der Waals surface area contributed by atoms with Crippen LogP contribution in [0.25, 0.3) is 0 Å². The van der Waals surface area contributed by atoms with Gasteiger partial charge in [-0.3, -0.25) is 19.8 Å². The molecule has 0 spiro atoms. The summed E-state index contributed by atoms with van der Waals surface area (Å²) in [5.41, 5.74) is 0.498. The SMILES string of the molecule is CCOC(=O)C1CCN(Cc2cc([N+](=O)[O-])ccc2O)CC1. The summed E-state index contributed by atoms with van der Waals surface area (Å²) in [6.45, 7) is 4.01. The van der Waals surface area contributed by atoms with Crippen LogP contribution in [0.1, 0.15) is 25.3 Å². The highest BCUT2D eigenvalue weighted by molar-refractivity contribution is 5.72. The molecule has 0 aromatic heterocycles. The molecule has 1 aliphatic rings. The van der Waals surface area contributed by atoms with Crippen molar-refractivity contribution in [3.63, 3.8) is 0 Å². The number of hydrogen-bond acceptors (Lipinski definition) is 6. The van der Waals surface area contributed by atoms with E-state index in [0.29, 0.717) is 44.6 Å². The number of carbonyl (C=O) groups excluding carboxylic acids is 1. The molecule has 7 nitrogen and oxygen atoms in total. The second-order valence-corrected chi connectivity index (χ2v) is 5.37. The summed E-state index contributed by atoms with van der Waals surface area (Å²) in [6.07, 6.45) is 1.41. The Morgan fingerprint density at radius 3 is 2.73 bits per heavy atom. The number of hydrogen-bond donors (Lipinski definition) is 1. The lowest BCUT2D eigenvalue weighted by molar-refractivity contribution is -0.385. The maximum Gasteiger partial charge on any atom is 0.309 e. The van der Waals surface area contributed by atoms with E-state index in [1.807, 2.05) is 0 Å². The quantitative estimate of drug-likeness (QED) is 0.508. The number of piperidine rings is 1. The molecule has 120 valence electrons. The molecule has 0 radical (unpaired) electrons. The number of non-ortho nitro benzene ring substituents is 1. The number of nitro groups is 1. The molecule has 1 aliphatic heterocycles. The molecule has 0 atom stereocenters. The fourth-order valence-corrected chi connectivity index (χ4v) is 2.64. The highest BCUT2D eigenvalue weighted by Crippen LogP contribution is 2.26. The van der Waals surface area contributed by atoms with E-state index in [1.54, 1.807) is 6.92 Å². The number of benzene rings is 1. The lowest BCUT2D eigenvalue weighted by Crippen LogP contribution is -2.36. The molecule has 0 amide bonds. The standard InChI is InChI=1S/C15H20N2O5/c1-2-22-15(19)11-5-7-16(8-6-11)10-12-9-13(17(20)21)3-4-14(12)18/h3-4,9,11,18H,2,5-8,10H2,1H3. The van der Waals surface area contributed by atoms with Crippen LogP contribution in [0.3, 0.4) is 0 Å². The Balaban J connectivity index is 1.95. The Hall–Kier alpha value is -2.15. The monoisotopic (exact) mass is 308 g/mol. The minimum absolute atomic E-state index is 0.0331. The van der Waals surface area contributed by atoms with E-state index in [-0.39, 0.29) is 23.3 Å². The number of rotatable bonds is 5. The number of phenolic OH excluding ortho intramolecular Hbond substituents is 1. The normalized spacial score (nSPS) is 16.4. The smallest absolute Gasteiger partial charge is 0.309 e. The third-order valence-corrected chi connectivity index (χ3v) is 3.88. The number of phenols is 1. The van der Waals surface area contributed by atoms with E-state index in [1.165, 1.54) is 18.2 Å². The van der Waals surface area contributed by atoms with E-state index in [2.05, 4.69) is 4.90 Å². The molecule has 1 saturated heterocycles. The average Bonchev–Trinajstić information content (AvgIpc) is 2.50. The number of nitrogens with zero attached hydrogens (tertiary/aromatic N) is 2. The first kappa shape index (κ1) is 16.2. The number of aromatic hydroxyl groups is 1. The van der Waals surface area contributed by atoms with Crippen molar-refractivity contribution in [1.29, 1.82) is 0 Å². The highest BCUT2D eigenvalue weighted by atomic mass is 16.6. The van der Waals surface area contributed by atoms with Crippen molar-refractivity contribution < 1.29 is 19.6 Å². The van der Waals surface area contributed by atoms with Crippen LogP contribution >= 0.6 is 0 Å². The molecule has 0 saturated carbocycles. The zero-order valence-electron chi connectivity index (χ0n) is 12.5. The van der Waals surface area contributed by atoms with E-state index in [4.69, 9.17) is 4.74 Å². The van der Waals surface area contributed by atoms with Crippen molar-refractivity contribution in [2.24, 2.45) is 5.92 Å². The van der Waals surface area contributed by atoms with Crippen LogP contribution in [0.15, 0.2) is 18.2 Å². The van der Waals surface area contributed by atoms with E-state index in [9.17, 15) is 20.0 Å². The van der Waals surface area contributed by atoms with Gasteiger partial charge in [-0.25, -0.2) is 0 Å². The van der Waals surface area contributed by atoms with Crippen LogP contribution in [0.2, 0.25) is 0 Å². The molecule has 0 aliphatic carbocycles. The molecular weight excluding hydrogens is 288 g/mol. The first-order chi connectivity index (χ1) is 10.5. The summed E-state index contributed by atoms with van der Waals surface area (Å²) in [4.78, 5) is 24.1.